The van der Waals surface area contributed by atoms with Gasteiger partial charge in [0.1, 0.15) is 12.7 Å². The minimum absolute atomic E-state index is 0.104. The summed E-state index contributed by atoms with van der Waals surface area (Å²) in [5.41, 5.74) is -0.210. The van der Waals surface area contributed by atoms with E-state index in [0.717, 1.165) is 25.5 Å². The van der Waals surface area contributed by atoms with Crippen LogP contribution in [0.2, 0.25) is 0 Å². The molecule has 1 saturated carbocycles. The first-order chi connectivity index (χ1) is 14.9. The summed E-state index contributed by atoms with van der Waals surface area (Å²) in [6, 6.07) is 5.69. The lowest BCUT2D eigenvalue weighted by Crippen LogP contribution is -2.27. The zero-order chi connectivity index (χ0) is 23.3. The molecule has 2 atom stereocenters. The van der Waals surface area contributed by atoms with E-state index in [-0.39, 0.29) is 17.7 Å². The van der Waals surface area contributed by atoms with E-state index in [9.17, 15) is 17.7 Å². The van der Waals surface area contributed by atoms with E-state index in [1.165, 1.54) is 6.20 Å². The predicted octanol–water partition coefficient (Wildman–Crippen LogP) is 4.79. The second-order valence-corrected chi connectivity index (χ2v) is 12.2. The van der Waals surface area contributed by atoms with E-state index in [4.69, 9.17) is 0 Å². The fourth-order valence-corrected chi connectivity index (χ4v) is 5.56. The molecular formula is C22H27F3N5OP. The van der Waals surface area contributed by atoms with Gasteiger partial charge in [0.05, 0.1) is 11.2 Å². The highest BCUT2D eigenvalue weighted by atomic mass is 31.2. The maximum Gasteiger partial charge on any atom is 0.419 e. The van der Waals surface area contributed by atoms with Crippen LogP contribution in [0.5, 0.6) is 0 Å². The molecule has 0 radical (unpaired) electrons. The van der Waals surface area contributed by atoms with Gasteiger partial charge in [-0.3, -0.25) is 0 Å². The predicted molar refractivity (Wildman–Crippen MR) is 122 cm³/mol. The molecule has 2 N–H and O–H groups in total. The second kappa shape index (κ2) is 8.19. The topological polar surface area (TPSA) is 73.9 Å². The van der Waals surface area contributed by atoms with Crippen LogP contribution in [0.4, 0.5) is 19.1 Å². The summed E-state index contributed by atoms with van der Waals surface area (Å²) in [7, 11) is 1.42. The number of aromatic nitrogens is 3. The Morgan fingerprint density at radius 1 is 1.22 bits per heavy atom. The van der Waals surface area contributed by atoms with Gasteiger partial charge in [0.15, 0.2) is 0 Å². The Morgan fingerprint density at radius 2 is 1.97 bits per heavy atom. The molecule has 2 heterocycles. The molecule has 10 heteroatoms. The highest BCUT2D eigenvalue weighted by Gasteiger charge is 2.36. The summed E-state index contributed by atoms with van der Waals surface area (Å²) in [6.45, 7) is 3.28. The number of nitrogens with zero attached hydrogens (tertiary/aromatic N) is 3. The lowest BCUT2D eigenvalue weighted by Gasteiger charge is -2.19. The third-order valence-corrected chi connectivity index (χ3v) is 7.62. The highest BCUT2D eigenvalue weighted by Crippen LogP contribution is 2.42. The van der Waals surface area contributed by atoms with Crippen molar-refractivity contribution in [2.45, 2.75) is 37.5 Å². The van der Waals surface area contributed by atoms with Crippen LogP contribution in [0.3, 0.4) is 0 Å². The molecule has 6 nitrogen and oxygen atoms in total. The number of benzene rings is 1. The van der Waals surface area contributed by atoms with Crippen molar-refractivity contribution in [3.63, 3.8) is 0 Å². The number of H-pyrrole nitrogens is 1. The molecular weight excluding hydrogens is 438 g/mol. The largest absolute Gasteiger partial charge is 0.419 e. The van der Waals surface area contributed by atoms with Crippen molar-refractivity contribution in [1.29, 1.82) is 0 Å². The maximum atomic E-state index is 13.8. The van der Waals surface area contributed by atoms with Gasteiger partial charge in [-0.1, -0.05) is 12.1 Å². The molecule has 172 valence electrons. The van der Waals surface area contributed by atoms with Crippen molar-refractivity contribution in [3.8, 4) is 11.3 Å². The van der Waals surface area contributed by atoms with Crippen molar-refractivity contribution in [3.05, 3.63) is 36.2 Å². The lowest BCUT2D eigenvalue weighted by molar-refractivity contribution is -0.137. The molecule has 32 heavy (non-hydrogen) atoms. The molecule has 1 fully saturated rings. The first-order valence-electron chi connectivity index (χ1n) is 10.5. The molecule has 3 aromatic rings. The van der Waals surface area contributed by atoms with Crippen LogP contribution in [0, 0.1) is 0 Å². The fourth-order valence-electron chi connectivity index (χ4n) is 4.39. The van der Waals surface area contributed by atoms with Crippen LogP contribution in [0.25, 0.3) is 22.2 Å². The molecule has 0 bridgehead atoms. The Kier molecular flexibility index (Phi) is 5.84. The summed E-state index contributed by atoms with van der Waals surface area (Å²) in [5.74, 6) is 0.180. The average Bonchev–Trinajstić information content (AvgIpc) is 3.33. The fraction of sp³-hybridized carbons (Fsp3) is 0.455. The van der Waals surface area contributed by atoms with Gasteiger partial charge < -0.3 is 19.8 Å². The van der Waals surface area contributed by atoms with Gasteiger partial charge in [-0.05, 0) is 52.8 Å². The van der Waals surface area contributed by atoms with Crippen molar-refractivity contribution in [2.75, 3.05) is 32.7 Å². The van der Waals surface area contributed by atoms with Crippen LogP contribution < -0.4 is 10.6 Å². The quantitative estimate of drug-likeness (QED) is 0.531. The van der Waals surface area contributed by atoms with Crippen LogP contribution in [0.15, 0.2) is 30.6 Å². The summed E-state index contributed by atoms with van der Waals surface area (Å²) in [6.07, 6.45) is 0.534. The Labute approximate surface area is 185 Å². The molecule has 0 aliphatic heterocycles. The van der Waals surface area contributed by atoms with Gasteiger partial charge >= 0.3 is 6.18 Å². The Hall–Kier alpha value is -2.38. The number of anilines is 1. The number of alkyl halides is 3. The zero-order valence-corrected chi connectivity index (χ0v) is 19.4. The van der Waals surface area contributed by atoms with Gasteiger partial charge in [-0.15, -0.1) is 0 Å². The van der Waals surface area contributed by atoms with Gasteiger partial charge in [-0.2, -0.15) is 13.2 Å². The summed E-state index contributed by atoms with van der Waals surface area (Å²) < 4.78 is 54.2. The van der Waals surface area contributed by atoms with Gasteiger partial charge in [-0.25, -0.2) is 9.97 Å². The molecule has 1 aliphatic rings. The minimum Gasteiger partial charge on any atom is -0.360 e. The van der Waals surface area contributed by atoms with Crippen LogP contribution in [-0.2, 0) is 10.7 Å². The van der Waals surface area contributed by atoms with Crippen molar-refractivity contribution >= 4 is 29.3 Å². The number of fused-ring (bicyclic) bond motifs is 1. The van der Waals surface area contributed by atoms with E-state index >= 15 is 0 Å². The zero-order valence-electron chi connectivity index (χ0n) is 18.5. The molecule has 2 aromatic heterocycles. The summed E-state index contributed by atoms with van der Waals surface area (Å²) in [4.78, 5) is 13.5. The minimum atomic E-state index is -4.61. The Balaban J connectivity index is 1.78. The number of hydrogen-bond acceptors (Lipinski definition) is 5. The van der Waals surface area contributed by atoms with Gasteiger partial charge in [0.25, 0.3) is 0 Å². The van der Waals surface area contributed by atoms with E-state index in [1.54, 1.807) is 31.5 Å². The van der Waals surface area contributed by atoms with Crippen LogP contribution in [-0.4, -0.2) is 59.4 Å². The summed E-state index contributed by atoms with van der Waals surface area (Å²) in [5, 5.41) is 4.37. The normalized spacial score (nSPS) is 19.8. The van der Waals surface area contributed by atoms with Gasteiger partial charge in [0, 0.05) is 40.7 Å². The monoisotopic (exact) mass is 465 g/mol. The average molecular weight is 465 g/mol. The molecule has 0 saturated heterocycles. The first kappa shape index (κ1) is 22.8. The van der Waals surface area contributed by atoms with Gasteiger partial charge in [0.2, 0.25) is 5.95 Å². The van der Waals surface area contributed by atoms with E-state index in [2.05, 4.69) is 25.2 Å². The number of halogens is 3. The van der Waals surface area contributed by atoms with E-state index in [0.29, 0.717) is 27.8 Å². The molecule has 1 aliphatic carbocycles. The number of rotatable bonds is 5. The summed E-state index contributed by atoms with van der Waals surface area (Å²) >= 11 is 0. The highest BCUT2D eigenvalue weighted by molar-refractivity contribution is 7.70. The third kappa shape index (κ3) is 4.41. The molecule has 4 rings (SSSR count). The third-order valence-electron chi connectivity index (χ3n) is 6.09. The van der Waals surface area contributed by atoms with Crippen molar-refractivity contribution in [2.24, 2.45) is 0 Å². The molecule has 0 spiro atoms. The molecule has 1 aromatic carbocycles. The molecule has 0 amide bonds. The number of aromatic amines is 1. The van der Waals surface area contributed by atoms with Crippen LogP contribution in [0.1, 0.15) is 24.8 Å². The lowest BCUT2D eigenvalue weighted by atomic mass is 10.1. The van der Waals surface area contributed by atoms with E-state index in [1.807, 2.05) is 14.1 Å². The first-order valence-corrected chi connectivity index (χ1v) is 13.1. The van der Waals surface area contributed by atoms with E-state index < -0.39 is 18.9 Å². The Morgan fingerprint density at radius 3 is 2.59 bits per heavy atom. The smallest absolute Gasteiger partial charge is 0.360 e. The number of hydrogen-bond donors (Lipinski definition) is 2. The molecule has 0 unspecified atom stereocenters. The standard InChI is InChI=1S/C22H27F3N5OP/c1-30(2)14-9-8-13(10-14)28-21-27-12-17(22(23,24)25)19(29-21)16-11-26-20-15(16)6-5-7-18(20)32(3,4)31/h5-7,11-14,26H,8-10H2,1-4H3,(H,27,28,29)/t13-,14-/m0/s1. The second-order valence-electron chi connectivity index (χ2n) is 8.98. The van der Waals surface area contributed by atoms with Crippen LogP contribution >= 0.6 is 7.14 Å². The maximum absolute atomic E-state index is 13.8. The van der Waals surface area contributed by atoms with Crippen molar-refractivity contribution in [1.82, 2.24) is 19.9 Å². The SMILES string of the molecule is CN(C)[C@H]1CC[C@H](Nc2ncc(C(F)(F)F)c(-c3c[nH]c4c(P(C)(C)=O)cccc34)n2)C1. The van der Waals surface area contributed by atoms with Crippen molar-refractivity contribution < 1.29 is 17.7 Å². The Bertz CT molecular complexity index is 1180. The number of nitrogens with one attached hydrogen (secondary N) is 2. The number of para-hydroxylation sites is 1.